The van der Waals surface area contributed by atoms with Crippen molar-refractivity contribution in [3.8, 4) is 5.88 Å². The van der Waals surface area contributed by atoms with E-state index in [2.05, 4.69) is 16.5 Å². The number of aromatic amines is 1. The summed E-state index contributed by atoms with van der Waals surface area (Å²) >= 11 is 13.4. The number of hydrogen-bond acceptors (Lipinski definition) is 3. The summed E-state index contributed by atoms with van der Waals surface area (Å²) in [6.07, 6.45) is 4.60. The third kappa shape index (κ3) is 5.53. The van der Waals surface area contributed by atoms with Crippen LogP contribution in [0.3, 0.4) is 0 Å². The first-order chi connectivity index (χ1) is 17.4. The number of H-pyrrole nitrogens is 1. The lowest BCUT2D eigenvalue weighted by atomic mass is 9.91. The smallest absolute Gasteiger partial charge is 0.213 e. The lowest BCUT2D eigenvalue weighted by molar-refractivity contribution is -0.114. The predicted octanol–water partition coefficient (Wildman–Crippen LogP) is 8.29. The van der Waals surface area contributed by atoms with Crippen molar-refractivity contribution in [2.24, 2.45) is 0 Å². The molecular formula is C29H25Cl2FN2O2. The third-order valence-electron chi connectivity index (χ3n) is 5.87. The number of pyridine rings is 1. The van der Waals surface area contributed by atoms with Crippen LogP contribution in [0.15, 0.2) is 73.4 Å². The van der Waals surface area contributed by atoms with Crippen LogP contribution in [0.1, 0.15) is 43.0 Å². The van der Waals surface area contributed by atoms with Crippen LogP contribution in [-0.4, -0.2) is 22.4 Å². The van der Waals surface area contributed by atoms with E-state index in [1.54, 1.807) is 18.3 Å². The van der Waals surface area contributed by atoms with E-state index in [1.807, 2.05) is 37.3 Å². The number of ether oxygens (including phenoxy) is 1. The molecule has 0 fully saturated rings. The van der Waals surface area contributed by atoms with Crippen LogP contribution < -0.4 is 4.74 Å². The van der Waals surface area contributed by atoms with Crippen molar-refractivity contribution in [1.82, 2.24) is 9.97 Å². The first kappa shape index (κ1) is 25.7. The van der Waals surface area contributed by atoms with Crippen LogP contribution in [0.2, 0.25) is 10.0 Å². The Kier molecular flexibility index (Phi) is 8.24. The summed E-state index contributed by atoms with van der Waals surface area (Å²) < 4.78 is 19.5. The van der Waals surface area contributed by atoms with E-state index in [4.69, 9.17) is 27.9 Å². The highest BCUT2D eigenvalue weighted by atomic mass is 35.5. The van der Waals surface area contributed by atoms with Gasteiger partial charge in [0.1, 0.15) is 5.82 Å². The molecule has 0 aliphatic heterocycles. The molecule has 0 spiro atoms. The summed E-state index contributed by atoms with van der Waals surface area (Å²) in [5, 5.41) is 1.80. The van der Waals surface area contributed by atoms with Gasteiger partial charge in [0.25, 0.3) is 0 Å². The standard InChI is InChI=1S/C29H25Cl2FN2O2/c1-3-20(35)8-7-15-36-26-14-11-18(17-33-26)27(21(4-2)22-13-12-19(32)16-24(22)30)29-28(31)23-9-5-6-10-25(23)34-29/h3,5-6,9-14,16-17,34H,1,4,7-8,15H2,2H3/b27-21+. The Balaban J connectivity index is 1.78. The number of nitrogens with zero attached hydrogens (tertiary/aromatic N) is 1. The molecule has 4 aromatic rings. The maximum absolute atomic E-state index is 13.8. The van der Waals surface area contributed by atoms with Crippen molar-refractivity contribution in [2.45, 2.75) is 26.2 Å². The van der Waals surface area contributed by atoms with E-state index in [9.17, 15) is 9.18 Å². The van der Waals surface area contributed by atoms with Crippen LogP contribution in [-0.2, 0) is 4.79 Å². The van der Waals surface area contributed by atoms with Crippen molar-refractivity contribution >= 4 is 51.0 Å². The van der Waals surface area contributed by atoms with Gasteiger partial charge in [0.2, 0.25) is 5.88 Å². The van der Waals surface area contributed by atoms with Crippen LogP contribution in [0.5, 0.6) is 5.88 Å². The number of allylic oxidation sites excluding steroid dienone is 2. The number of carbonyl (C=O) groups is 1. The highest BCUT2D eigenvalue weighted by Crippen LogP contribution is 2.41. The number of para-hydroxylation sites is 1. The molecule has 7 heteroatoms. The van der Waals surface area contributed by atoms with Crippen LogP contribution in [0.25, 0.3) is 22.0 Å². The van der Waals surface area contributed by atoms with E-state index < -0.39 is 5.82 Å². The summed E-state index contributed by atoms with van der Waals surface area (Å²) in [4.78, 5) is 19.3. The minimum absolute atomic E-state index is 0.0153. The van der Waals surface area contributed by atoms with Crippen molar-refractivity contribution in [3.63, 3.8) is 0 Å². The van der Waals surface area contributed by atoms with Gasteiger partial charge < -0.3 is 9.72 Å². The first-order valence-electron chi connectivity index (χ1n) is 11.6. The molecule has 36 heavy (non-hydrogen) atoms. The number of carbonyl (C=O) groups excluding carboxylic acids is 1. The van der Waals surface area contributed by atoms with Crippen LogP contribution in [0, 0.1) is 5.82 Å². The molecule has 0 atom stereocenters. The highest BCUT2D eigenvalue weighted by molar-refractivity contribution is 6.38. The Morgan fingerprint density at radius 3 is 2.64 bits per heavy atom. The van der Waals surface area contributed by atoms with Crippen molar-refractivity contribution < 1.29 is 13.9 Å². The van der Waals surface area contributed by atoms with Gasteiger partial charge in [-0.2, -0.15) is 0 Å². The monoisotopic (exact) mass is 522 g/mol. The summed E-state index contributed by atoms with van der Waals surface area (Å²) in [6.45, 7) is 5.86. The van der Waals surface area contributed by atoms with Gasteiger partial charge in [-0.15, -0.1) is 0 Å². The molecule has 4 rings (SSSR count). The van der Waals surface area contributed by atoms with Gasteiger partial charge in [-0.25, -0.2) is 9.37 Å². The van der Waals surface area contributed by atoms with Crippen molar-refractivity contribution in [3.05, 3.63) is 106 Å². The topological polar surface area (TPSA) is 55.0 Å². The van der Waals surface area contributed by atoms with Crippen molar-refractivity contribution in [2.75, 3.05) is 6.61 Å². The fourth-order valence-electron chi connectivity index (χ4n) is 4.12. The fourth-order valence-corrected chi connectivity index (χ4v) is 4.71. The molecule has 4 nitrogen and oxygen atoms in total. The minimum Gasteiger partial charge on any atom is -0.478 e. The van der Waals surface area contributed by atoms with Gasteiger partial charge in [-0.1, -0.05) is 61.0 Å². The first-order valence-corrected chi connectivity index (χ1v) is 12.4. The molecule has 0 saturated heterocycles. The van der Waals surface area contributed by atoms with Gasteiger partial charge in [-0.3, -0.25) is 4.79 Å². The zero-order valence-electron chi connectivity index (χ0n) is 19.8. The molecule has 184 valence electrons. The van der Waals surface area contributed by atoms with Gasteiger partial charge in [-0.05, 0) is 54.3 Å². The van der Waals surface area contributed by atoms with E-state index in [-0.39, 0.29) is 5.78 Å². The number of hydrogen-bond donors (Lipinski definition) is 1. The quantitative estimate of drug-likeness (QED) is 0.168. The van der Waals surface area contributed by atoms with E-state index >= 15 is 0 Å². The van der Waals surface area contributed by atoms with E-state index in [1.165, 1.54) is 18.2 Å². The van der Waals surface area contributed by atoms with Gasteiger partial charge in [0.05, 0.1) is 22.3 Å². The number of fused-ring (bicyclic) bond motifs is 1. The molecule has 1 N–H and O–H groups in total. The Labute approximate surface area is 219 Å². The summed E-state index contributed by atoms with van der Waals surface area (Å²) in [6, 6.07) is 15.9. The molecule has 0 bridgehead atoms. The average Bonchev–Trinajstić information content (AvgIpc) is 3.22. The van der Waals surface area contributed by atoms with E-state index in [0.717, 1.165) is 38.9 Å². The average molecular weight is 523 g/mol. The Hall–Kier alpha value is -3.41. The molecule has 0 radical (unpaired) electrons. The lowest BCUT2D eigenvalue weighted by Crippen LogP contribution is -2.03. The van der Waals surface area contributed by atoms with Gasteiger partial charge >= 0.3 is 0 Å². The molecule has 0 aliphatic carbocycles. The molecule has 2 aromatic heterocycles. The second kappa shape index (κ2) is 11.5. The molecule has 0 saturated carbocycles. The highest BCUT2D eigenvalue weighted by Gasteiger charge is 2.21. The van der Waals surface area contributed by atoms with Crippen LogP contribution in [0.4, 0.5) is 4.39 Å². The van der Waals surface area contributed by atoms with Crippen LogP contribution >= 0.6 is 23.2 Å². The molecule has 0 aliphatic rings. The Morgan fingerprint density at radius 1 is 1.17 bits per heavy atom. The largest absolute Gasteiger partial charge is 0.478 e. The van der Waals surface area contributed by atoms with Gasteiger partial charge in [0.15, 0.2) is 5.78 Å². The molecular weight excluding hydrogens is 498 g/mol. The second-order valence-electron chi connectivity index (χ2n) is 8.20. The van der Waals surface area contributed by atoms with Gasteiger partial charge in [0, 0.05) is 40.7 Å². The molecule has 2 heterocycles. The third-order valence-corrected chi connectivity index (χ3v) is 6.58. The number of ketones is 1. The Bertz CT molecular complexity index is 1440. The number of aromatic nitrogens is 2. The molecule has 0 amide bonds. The van der Waals surface area contributed by atoms with Crippen molar-refractivity contribution in [1.29, 1.82) is 0 Å². The fraction of sp³-hybridized carbons (Fsp3) is 0.172. The zero-order chi connectivity index (χ0) is 25.7. The summed E-state index contributed by atoms with van der Waals surface area (Å²) in [5.74, 6) is 0.0329. The summed E-state index contributed by atoms with van der Waals surface area (Å²) in [7, 11) is 0. The molecule has 0 unspecified atom stereocenters. The maximum atomic E-state index is 13.8. The maximum Gasteiger partial charge on any atom is 0.213 e. The summed E-state index contributed by atoms with van der Waals surface area (Å²) in [5.41, 5.74) is 4.87. The number of halogens is 3. The lowest BCUT2D eigenvalue weighted by Gasteiger charge is -2.17. The SMILES string of the molecule is C=CC(=O)CCCOc1ccc(/C(=C(/CC)c2ccc(F)cc2Cl)c2[nH]c3ccccc3c2Cl)cn1. The number of rotatable bonds is 10. The molecule has 2 aromatic carbocycles. The number of nitrogens with one attached hydrogen (secondary N) is 1. The normalized spacial score (nSPS) is 11.9. The van der Waals surface area contributed by atoms with E-state index in [0.29, 0.717) is 41.8 Å². The second-order valence-corrected chi connectivity index (χ2v) is 8.98. The zero-order valence-corrected chi connectivity index (χ0v) is 21.3. The number of benzene rings is 2. The minimum atomic E-state index is -0.401. The Morgan fingerprint density at radius 2 is 1.97 bits per heavy atom. The predicted molar refractivity (Wildman–Crippen MR) is 145 cm³/mol.